The molecule has 1 fully saturated rings. The van der Waals surface area contributed by atoms with E-state index in [4.69, 9.17) is 28.2 Å². The zero-order valence-electron chi connectivity index (χ0n) is 14.3. The zero-order valence-corrected chi connectivity index (χ0v) is 15.8. The van der Waals surface area contributed by atoms with Crippen LogP contribution in [-0.2, 0) is 0 Å². The Balaban J connectivity index is 1.69. The van der Waals surface area contributed by atoms with Crippen molar-refractivity contribution < 1.29 is 4.79 Å². The lowest BCUT2D eigenvalue weighted by molar-refractivity contribution is 0.218. The number of piperazine rings is 1. The smallest absolute Gasteiger partial charge is 0.316 e. The fourth-order valence-corrected chi connectivity index (χ4v) is 3.78. The van der Waals surface area contributed by atoms with Gasteiger partial charge in [0.25, 0.3) is 0 Å². The van der Waals surface area contributed by atoms with Gasteiger partial charge in [0.2, 0.25) is 0 Å². The summed E-state index contributed by atoms with van der Waals surface area (Å²) >= 11 is 12.1. The van der Waals surface area contributed by atoms with Crippen LogP contribution in [0.3, 0.4) is 0 Å². The average Bonchev–Trinajstić information content (AvgIpc) is 2.99. The number of anilines is 1. The van der Waals surface area contributed by atoms with Gasteiger partial charge >= 0.3 is 5.37 Å². The van der Waals surface area contributed by atoms with Crippen LogP contribution in [0.4, 0.5) is 10.5 Å². The number of aromatic nitrogens is 2. The molecule has 1 aromatic carbocycles. The molecule has 0 unspecified atom stereocenters. The second kappa shape index (κ2) is 6.82. The molecule has 0 radical (unpaired) electrons. The number of halogens is 2. The van der Waals surface area contributed by atoms with E-state index in [1.165, 1.54) is 0 Å². The van der Waals surface area contributed by atoms with E-state index in [-0.39, 0.29) is 5.37 Å². The summed E-state index contributed by atoms with van der Waals surface area (Å²) in [6.07, 6.45) is 2.00. The molecule has 0 saturated carbocycles. The minimum Gasteiger partial charge on any atom is -0.368 e. The van der Waals surface area contributed by atoms with Crippen LogP contribution in [0.1, 0.15) is 5.69 Å². The van der Waals surface area contributed by atoms with Gasteiger partial charge in [-0.3, -0.25) is 4.79 Å². The molecule has 5 nitrogen and oxygen atoms in total. The summed E-state index contributed by atoms with van der Waals surface area (Å²) < 4.78 is 2.06. The first kappa shape index (κ1) is 17.2. The van der Waals surface area contributed by atoms with Crippen LogP contribution >= 0.6 is 23.2 Å². The number of nitrogens with zero attached hydrogens (tertiary/aromatic N) is 4. The van der Waals surface area contributed by atoms with Crippen molar-refractivity contribution in [3.05, 3.63) is 53.3 Å². The zero-order chi connectivity index (χ0) is 18.3. The third-order valence-electron chi connectivity index (χ3n) is 4.87. The molecular formula is C19H18Cl2N4O. The molecule has 1 aliphatic heterocycles. The Hall–Kier alpha value is -2.24. The average molecular weight is 389 g/mol. The quantitative estimate of drug-likeness (QED) is 0.481. The third kappa shape index (κ3) is 3.02. The van der Waals surface area contributed by atoms with Crippen LogP contribution in [-0.4, -0.2) is 45.8 Å². The van der Waals surface area contributed by atoms with E-state index >= 15 is 0 Å². The summed E-state index contributed by atoms with van der Waals surface area (Å²) in [5, 5.41) is 0.289. The molecule has 0 bridgehead atoms. The van der Waals surface area contributed by atoms with Crippen LogP contribution in [0.5, 0.6) is 0 Å². The first-order valence-electron chi connectivity index (χ1n) is 8.47. The SMILES string of the molecule is Cc1c(-c2cc(N3CCN(C(=O)Cl)CC3)ccc2Cl)nc2ccccn12. The lowest BCUT2D eigenvalue weighted by Gasteiger charge is -2.35. The fourth-order valence-electron chi connectivity index (χ4n) is 3.41. The standard InChI is InChI=1S/C19H18Cl2N4O/c1-13-18(22-17-4-2-3-7-25(13)17)15-12-14(5-6-16(15)20)23-8-10-24(11-9-23)19(21)26/h2-7,12H,8-11H2,1H3. The molecule has 3 heterocycles. The topological polar surface area (TPSA) is 40.8 Å². The molecule has 0 spiro atoms. The predicted molar refractivity (Wildman–Crippen MR) is 105 cm³/mol. The minimum atomic E-state index is -0.387. The molecule has 7 heteroatoms. The summed E-state index contributed by atoms with van der Waals surface area (Å²) in [7, 11) is 0. The minimum absolute atomic E-state index is 0.387. The Morgan fingerprint density at radius 1 is 1.12 bits per heavy atom. The van der Waals surface area contributed by atoms with Gasteiger partial charge in [-0.15, -0.1) is 0 Å². The van der Waals surface area contributed by atoms with E-state index < -0.39 is 0 Å². The molecule has 4 rings (SSSR count). The molecule has 26 heavy (non-hydrogen) atoms. The summed E-state index contributed by atoms with van der Waals surface area (Å²) in [5.74, 6) is 0. The van der Waals surface area contributed by atoms with Crippen LogP contribution in [0.25, 0.3) is 16.9 Å². The molecule has 0 aliphatic carbocycles. The van der Waals surface area contributed by atoms with Crippen molar-refractivity contribution in [3.8, 4) is 11.3 Å². The van der Waals surface area contributed by atoms with Crippen LogP contribution in [0, 0.1) is 6.92 Å². The lowest BCUT2D eigenvalue weighted by atomic mass is 10.1. The Morgan fingerprint density at radius 3 is 2.58 bits per heavy atom. The number of hydrogen-bond donors (Lipinski definition) is 0. The predicted octanol–water partition coefficient (Wildman–Crippen LogP) is 4.44. The molecule has 134 valence electrons. The molecular weight excluding hydrogens is 371 g/mol. The van der Waals surface area contributed by atoms with Crippen LogP contribution in [0.15, 0.2) is 42.6 Å². The van der Waals surface area contributed by atoms with Gasteiger partial charge in [0.15, 0.2) is 0 Å². The first-order chi connectivity index (χ1) is 12.5. The summed E-state index contributed by atoms with van der Waals surface area (Å²) in [4.78, 5) is 19.9. The fraction of sp³-hybridized carbons (Fsp3) is 0.263. The number of pyridine rings is 1. The highest BCUT2D eigenvalue weighted by Crippen LogP contribution is 2.34. The summed E-state index contributed by atoms with van der Waals surface area (Å²) in [5.41, 5.74) is 4.83. The van der Waals surface area contributed by atoms with Crippen molar-refractivity contribution in [1.82, 2.24) is 14.3 Å². The Bertz CT molecular complexity index is 977. The van der Waals surface area contributed by atoms with Crippen LogP contribution < -0.4 is 4.90 Å². The van der Waals surface area contributed by atoms with E-state index in [0.29, 0.717) is 18.1 Å². The van der Waals surface area contributed by atoms with Gasteiger partial charge in [0, 0.05) is 49.3 Å². The van der Waals surface area contributed by atoms with Gasteiger partial charge in [-0.05, 0) is 48.9 Å². The number of amides is 1. The Labute approximate surface area is 161 Å². The molecule has 2 aromatic heterocycles. The second-order valence-electron chi connectivity index (χ2n) is 6.37. The number of imidazole rings is 1. The highest BCUT2D eigenvalue weighted by molar-refractivity contribution is 6.62. The van der Waals surface area contributed by atoms with E-state index in [9.17, 15) is 4.79 Å². The molecule has 3 aromatic rings. The monoisotopic (exact) mass is 388 g/mol. The normalized spacial score (nSPS) is 14.9. The van der Waals surface area contributed by atoms with Crippen molar-refractivity contribution in [2.24, 2.45) is 0 Å². The van der Waals surface area contributed by atoms with Crippen molar-refractivity contribution in [2.45, 2.75) is 6.92 Å². The number of rotatable bonds is 2. The van der Waals surface area contributed by atoms with Crippen molar-refractivity contribution in [2.75, 3.05) is 31.1 Å². The Kier molecular flexibility index (Phi) is 4.51. The number of carbonyl (C=O) groups is 1. The van der Waals surface area contributed by atoms with Gasteiger partial charge in [0.05, 0.1) is 10.7 Å². The van der Waals surface area contributed by atoms with Gasteiger partial charge in [-0.2, -0.15) is 0 Å². The van der Waals surface area contributed by atoms with E-state index in [1.54, 1.807) is 4.90 Å². The summed E-state index contributed by atoms with van der Waals surface area (Å²) in [6.45, 7) is 4.76. The maximum Gasteiger partial charge on any atom is 0.316 e. The second-order valence-corrected chi connectivity index (χ2v) is 7.10. The molecule has 0 N–H and O–H groups in total. The molecule has 1 saturated heterocycles. The Morgan fingerprint density at radius 2 is 1.88 bits per heavy atom. The number of aryl methyl sites for hydroxylation is 1. The molecule has 1 aliphatic rings. The third-order valence-corrected chi connectivity index (χ3v) is 5.44. The van der Waals surface area contributed by atoms with Crippen molar-refractivity contribution in [1.29, 1.82) is 0 Å². The molecule has 0 atom stereocenters. The maximum atomic E-state index is 11.3. The highest BCUT2D eigenvalue weighted by atomic mass is 35.5. The lowest BCUT2D eigenvalue weighted by Crippen LogP contribution is -2.47. The van der Waals surface area contributed by atoms with E-state index in [1.807, 2.05) is 43.5 Å². The number of hydrogen-bond acceptors (Lipinski definition) is 3. The molecule has 1 amide bonds. The van der Waals surface area contributed by atoms with Gasteiger partial charge in [-0.1, -0.05) is 17.7 Å². The number of carbonyl (C=O) groups excluding carboxylic acids is 1. The van der Waals surface area contributed by atoms with E-state index in [2.05, 4.69) is 15.4 Å². The van der Waals surface area contributed by atoms with Gasteiger partial charge in [-0.25, -0.2) is 4.98 Å². The van der Waals surface area contributed by atoms with Crippen molar-refractivity contribution in [3.63, 3.8) is 0 Å². The van der Waals surface area contributed by atoms with Gasteiger partial charge < -0.3 is 14.2 Å². The van der Waals surface area contributed by atoms with Gasteiger partial charge in [0.1, 0.15) is 5.65 Å². The van der Waals surface area contributed by atoms with Crippen molar-refractivity contribution >= 4 is 39.9 Å². The van der Waals surface area contributed by atoms with Crippen LogP contribution in [0.2, 0.25) is 5.02 Å². The number of fused-ring (bicyclic) bond motifs is 1. The summed E-state index contributed by atoms with van der Waals surface area (Å²) in [6, 6.07) is 11.9. The highest BCUT2D eigenvalue weighted by Gasteiger charge is 2.21. The van der Waals surface area contributed by atoms with E-state index in [0.717, 1.165) is 41.4 Å². The first-order valence-corrected chi connectivity index (χ1v) is 9.23. The number of benzene rings is 1. The largest absolute Gasteiger partial charge is 0.368 e. The maximum absolute atomic E-state index is 11.3.